The minimum absolute atomic E-state index is 0.0894. The van der Waals surface area contributed by atoms with Gasteiger partial charge in [-0.3, -0.25) is 0 Å². The molecule has 0 spiro atoms. The largest absolute Gasteiger partial charge is 0.481 e. The molecule has 3 aromatic rings. The highest BCUT2D eigenvalue weighted by atomic mass is 16.6. The highest BCUT2D eigenvalue weighted by molar-refractivity contribution is 5.71. The number of ether oxygens (including phenoxy) is 2. The lowest BCUT2D eigenvalue weighted by Crippen LogP contribution is -2.15. The van der Waals surface area contributed by atoms with Crippen molar-refractivity contribution in [3.05, 3.63) is 65.0 Å². The first-order chi connectivity index (χ1) is 12.5. The maximum atomic E-state index is 11.9. The molecule has 0 aliphatic heterocycles. The number of aryl methyl sites for hydroxylation is 3. The van der Waals surface area contributed by atoms with E-state index in [0.29, 0.717) is 11.6 Å². The first-order valence-electron chi connectivity index (χ1n) is 8.27. The second kappa shape index (κ2) is 7.82. The van der Waals surface area contributed by atoms with Gasteiger partial charge in [-0.25, -0.2) is 4.79 Å². The van der Waals surface area contributed by atoms with Gasteiger partial charge in [-0.2, -0.15) is 0 Å². The Labute approximate surface area is 151 Å². The molecule has 1 aromatic heterocycles. The SMILES string of the molecule is Cc1cc(C)c(OCC(=O)OCc2nnc(-c3ccccc3)o2)c(C)c1. The van der Waals surface area contributed by atoms with E-state index in [1.165, 1.54) is 0 Å². The normalized spacial score (nSPS) is 10.6. The molecule has 6 nitrogen and oxygen atoms in total. The van der Waals surface area contributed by atoms with Crippen LogP contribution in [0.2, 0.25) is 0 Å². The number of carbonyl (C=O) groups is 1. The van der Waals surface area contributed by atoms with Gasteiger partial charge in [0.25, 0.3) is 5.89 Å². The Hall–Kier alpha value is -3.15. The molecular weight excluding hydrogens is 332 g/mol. The number of hydrogen-bond donors (Lipinski definition) is 0. The van der Waals surface area contributed by atoms with Crippen LogP contribution < -0.4 is 4.74 Å². The second-order valence-electron chi connectivity index (χ2n) is 6.04. The van der Waals surface area contributed by atoms with Gasteiger partial charge in [-0.05, 0) is 44.0 Å². The number of nitrogens with zero attached hydrogens (tertiary/aromatic N) is 2. The van der Waals surface area contributed by atoms with Gasteiger partial charge >= 0.3 is 5.97 Å². The summed E-state index contributed by atoms with van der Waals surface area (Å²) < 4.78 is 16.2. The molecule has 1 heterocycles. The van der Waals surface area contributed by atoms with E-state index in [1.54, 1.807) is 0 Å². The fourth-order valence-electron chi connectivity index (χ4n) is 2.72. The molecule has 6 heteroatoms. The molecule has 0 aliphatic carbocycles. The van der Waals surface area contributed by atoms with Crippen molar-refractivity contribution < 1.29 is 18.7 Å². The molecule has 26 heavy (non-hydrogen) atoms. The molecule has 2 aromatic carbocycles. The molecule has 0 fully saturated rings. The topological polar surface area (TPSA) is 74.5 Å². The molecule has 0 atom stereocenters. The minimum atomic E-state index is -0.496. The Morgan fingerprint density at radius 3 is 2.42 bits per heavy atom. The van der Waals surface area contributed by atoms with E-state index in [2.05, 4.69) is 10.2 Å². The summed E-state index contributed by atoms with van der Waals surface area (Å²) >= 11 is 0. The van der Waals surface area contributed by atoms with Crippen LogP contribution in [0.25, 0.3) is 11.5 Å². The van der Waals surface area contributed by atoms with Gasteiger partial charge in [0, 0.05) is 5.56 Å². The third kappa shape index (κ3) is 4.27. The maximum absolute atomic E-state index is 11.9. The molecule has 0 bridgehead atoms. The number of benzene rings is 2. The lowest BCUT2D eigenvalue weighted by molar-refractivity contribution is -0.148. The Bertz CT molecular complexity index is 880. The number of aromatic nitrogens is 2. The van der Waals surface area contributed by atoms with Crippen molar-refractivity contribution in [1.29, 1.82) is 0 Å². The van der Waals surface area contributed by atoms with Gasteiger partial charge in [0.15, 0.2) is 13.2 Å². The van der Waals surface area contributed by atoms with Crippen LogP contribution in [0, 0.1) is 20.8 Å². The molecule has 0 radical (unpaired) electrons. The van der Waals surface area contributed by atoms with Crippen LogP contribution in [-0.2, 0) is 16.1 Å². The van der Waals surface area contributed by atoms with Crippen molar-refractivity contribution in [2.75, 3.05) is 6.61 Å². The zero-order chi connectivity index (χ0) is 18.5. The molecule has 3 rings (SSSR count). The summed E-state index contributed by atoms with van der Waals surface area (Å²) in [5.41, 5.74) is 3.94. The monoisotopic (exact) mass is 352 g/mol. The minimum Gasteiger partial charge on any atom is -0.481 e. The van der Waals surface area contributed by atoms with Crippen molar-refractivity contribution in [2.45, 2.75) is 27.4 Å². The van der Waals surface area contributed by atoms with Gasteiger partial charge in [0.05, 0.1) is 0 Å². The third-order valence-electron chi connectivity index (χ3n) is 3.78. The molecule has 0 N–H and O–H groups in total. The second-order valence-corrected chi connectivity index (χ2v) is 6.04. The van der Waals surface area contributed by atoms with Gasteiger partial charge in [-0.1, -0.05) is 35.9 Å². The summed E-state index contributed by atoms with van der Waals surface area (Å²) in [7, 11) is 0. The third-order valence-corrected chi connectivity index (χ3v) is 3.78. The van der Waals surface area contributed by atoms with Gasteiger partial charge in [0.1, 0.15) is 5.75 Å². The number of carbonyl (C=O) groups excluding carboxylic acids is 1. The van der Waals surface area contributed by atoms with Crippen molar-refractivity contribution in [3.63, 3.8) is 0 Å². The highest BCUT2D eigenvalue weighted by Crippen LogP contribution is 2.24. The summed E-state index contributed by atoms with van der Waals surface area (Å²) in [4.78, 5) is 11.9. The molecule has 0 amide bonds. The summed E-state index contributed by atoms with van der Waals surface area (Å²) in [6, 6.07) is 13.4. The van der Waals surface area contributed by atoms with Crippen molar-refractivity contribution in [2.24, 2.45) is 0 Å². The van der Waals surface area contributed by atoms with Gasteiger partial charge < -0.3 is 13.9 Å². The van der Waals surface area contributed by atoms with Crippen molar-refractivity contribution >= 4 is 5.97 Å². The Balaban J connectivity index is 1.53. The zero-order valence-electron chi connectivity index (χ0n) is 15.0. The molecule has 0 saturated carbocycles. The number of esters is 1. The highest BCUT2D eigenvalue weighted by Gasteiger charge is 2.12. The Morgan fingerprint density at radius 1 is 1.04 bits per heavy atom. The van der Waals surface area contributed by atoms with Crippen molar-refractivity contribution in [3.8, 4) is 17.2 Å². The summed E-state index contributed by atoms with van der Waals surface area (Å²) in [6.45, 7) is 5.65. The van der Waals surface area contributed by atoms with E-state index in [0.717, 1.165) is 22.3 Å². The number of rotatable bonds is 6. The summed E-state index contributed by atoms with van der Waals surface area (Å²) in [5, 5.41) is 7.84. The summed E-state index contributed by atoms with van der Waals surface area (Å²) in [6.07, 6.45) is 0. The first kappa shape index (κ1) is 17.7. The van der Waals surface area contributed by atoms with E-state index in [4.69, 9.17) is 13.9 Å². The Kier molecular flexibility index (Phi) is 5.31. The molecule has 0 unspecified atom stereocenters. The van der Waals surface area contributed by atoms with E-state index in [9.17, 15) is 4.79 Å². The van der Waals surface area contributed by atoms with E-state index in [1.807, 2.05) is 63.2 Å². The average molecular weight is 352 g/mol. The average Bonchev–Trinajstić information content (AvgIpc) is 3.09. The quantitative estimate of drug-likeness (QED) is 0.629. The fourth-order valence-corrected chi connectivity index (χ4v) is 2.72. The van der Waals surface area contributed by atoms with Crippen LogP contribution >= 0.6 is 0 Å². The van der Waals surface area contributed by atoms with Gasteiger partial charge in [-0.15, -0.1) is 10.2 Å². The molecule has 134 valence electrons. The van der Waals surface area contributed by atoms with Gasteiger partial charge in [0.2, 0.25) is 5.89 Å². The standard InChI is InChI=1S/C20H20N2O4/c1-13-9-14(2)19(15(3)10-13)25-12-18(23)24-11-17-21-22-20(26-17)16-7-5-4-6-8-16/h4-10H,11-12H2,1-3H3. The zero-order valence-corrected chi connectivity index (χ0v) is 15.0. The Morgan fingerprint density at radius 2 is 1.73 bits per heavy atom. The lowest BCUT2D eigenvalue weighted by atomic mass is 10.1. The predicted molar refractivity (Wildman–Crippen MR) is 95.7 cm³/mol. The molecular formula is C20H20N2O4. The van der Waals surface area contributed by atoms with Crippen LogP contribution in [0.15, 0.2) is 46.9 Å². The van der Waals surface area contributed by atoms with Crippen LogP contribution in [0.3, 0.4) is 0 Å². The fraction of sp³-hybridized carbons (Fsp3) is 0.250. The van der Waals surface area contributed by atoms with E-state index in [-0.39, 0.29) is 19.1 Å². The van der Waals surface area contributed by atoms with Crippen molar-refractivity contribution in [1.82, 2.24) is 10.2 Å². The first-order valence-corrected chi connectivity index (χ1v) is 8.27. The van der Waals surface area contributed by atoms with E-state index < -0.39 is 5.97 Å². The maximum Gasteiger partial charge on any atom is 0.344 e. The molecule has 0 aliphatic rings. The van der Waals surface area contributed by atoms with Crippen LogP contribution in [0.1, 0.15) is 22.6 Å². The predicted octanol–water partition coefficient (Wildman–Crippen LogP) is 3.78. The lowest BCUT2D eigenvalue weighted by Gasteiger charge is -2.12. The van der Waals surface area contributed by atoms with Crippen LogP contribution in [-0.4, -0.2) is 22.8 Å². The van der Waals surface area contributed by atoms with Crippen LogP contribution in [0.5, 0.6) is 5.75 Å². The smallest absolute Gasteiger partial charge is 0.344 e. The number of hydrogen-bond acceptors (Lipinski definition) is 6. The molecule has 0 saturated heterocycles. The van der Waals surface area contributed by atoms with Crippen LogP contribution in [0.4, 0.5) is 0 Å². The van der Waals surface area contributed by atoms with E-state index >= 15 is 0 Å². The summed E-state index contributed by atoms with van der Waals surface area (Å²) in [5.74, 6) is 0.833.